The van der Waals surface area contributed by atoms with Crippen LogP contribution in [-0.2, 0) is 0 Å². The first-order valence-corrected chi connectivity index (χ1v) is 7.54. The van der Waals surface area contributed by atoms with Gasteiger partial charge in [-0.3, -0.25) is 4.79 Å². The molecule has 0 atom stereocenters. The minimum Gasteiger partial charge on any atom is -0.507 e. The van der Waals surface area contributed by atoms with Crippen LogP contribution in [0.5, 0.6) is 5.75 Å². The Labute approximate surface area is 121 Å². The van der Waals surface area contributed by atoms with Gasteiger partial charge in [-0.05, 0) is 53.6 Å². The van der Waals surface area contributed by atoms with Gasteiger partial charge in [0, 0.05) is 11.6 Å². The molecule has 3 nitrogen and oxygen atoms in total. The first kappa shape index (κ1) is 13.6. The van der Waals surface area contributed by atoms with Crippen LogP contribution in [0.25, 0.3) is 0 Å². The Hall–Kier alpha value is -0.780. The Morgan fingerprint density at radius 3 is 2.50 bits per heavy atom. The quantitative estimate of drug-likeness (QED) is 0.628. The highest BCUT2D eigenvalue weighted by molar-refractivity contribution is 14.1. The fourth-order valence-electron chi connectivity index (χ4n) is 2.35. The van der Waals surface area contributed by atoms with Gasteiger partial charge in [0.25, 0.3) is 5.91 Å². The molecule has 0 aromatic heterocycles. The molecule has 0 unspecified atom stereocenters. The minimum absolute atomic E-state index is 0.0754. The van der Waals surface area contributed by atoms with Crippen molar-refractivity contribution in [2.45, 2.75) is 44.6 Å². The number of phenolic OH excluding ortho intramolecular Hbond substituents is 1. The van der Waals surface area contributed by atoms with Gasteiger partial charge < -0.3 is 10.4 Å². The maximum absolute atomic E-state index is 12.1. The third-order valence-electron chi connectivity index (χ3n) is 3.40. The summed E-state index contributed by atoms with van der Waals surface area (Å²) in [4.78, 5) is 12.1. The highest BCUT2D eigenvalue weighted by Gasteiger charge is 2.16. The molecule has 0 radical (unpaired) electrons. The molecule has 98 valence electrons. The predicted molar refractivity (Wildman–Crippen MR) is 79.8 cm³/mol. The standard InChI is InChI=1S/C14H18INO2/c15-12-8-7-10(9-13(12)17)14(18)16-11-5-3-1-2-4-6-11/h7-9,11,17H,1-6H2,(H,16,18). The third kappa shape index (κ3) is 3.60. The highest BCUT2D eigenvalue weighted by atomic mass is 127. The Morgan fingerprint density at radius 1 is 1.22 bits per heavy atom. The lowest BCUT2D eigenvalue weighted by molar-refractivity contribution is 0.0933. The molecule has 0 spiro atoms. The van der Waals surface area contributed by atoms with E-state index in [-0.39, 0.29) is 11.7 Å². The van der Waals surface area contributed by atoms with Crippen molar-refractivity contribution in [3.05, 3.63) is 27.3 Å². The lowest BCUT2D eigenvalue weighted by Gasteiger charge is -2.16. The maximum atomic E-state index is 12.1. The predicted octanol–water partition coefficient (Wildman–Crippen LogP) is 3.45. The molecule has 1 aliphatic rings. The summed E-state index contributed by atoms with van der Waals surface area (Å²) in [6.07, 6.45) is 7.09. The molecule has 1 saturated carbocycles. The van der Waals surface area contributed by atoms with E-state index in [2.05, 4.69) is 5.32 Å². The van der Waals surface area contributed by atoms with Crippen LogP contribution in [0.2, 0.25) is 0 Å². The first-order chi connectivity index (χ1) is 8.66. The zero-order valence-corrected chi connectivity index (χ0v) is 12.4. The molecule has 0 aliphatic heterocycles. The normalized spacial score (nSPS) is 17.2. The van der Waals surface area contributed by atoms with Gasteiger partial charge in [0.2, 0.25) is 0 Å². The molecular weight excluding hydrogens is 341 g/mol. The average molecular weight is 359 g/mol. The number of rotatable bonds is 2. The van der Waals surface area contributed by atoms with E-state index in [9.17, 15) is 9.90 Å². The zero-order valence-electron chi connectivity index (χ0n) is 10.3. The molecule has 4 heteroatoms. The molecule has 0 saturated heterocycles. The Kier molecular flexibility index (Phi) is 4.86. The second-order valence-corrected chi connectivity index (χ2v) is 5.99. The van der Waals surface area contributed by atoms with E-state index in [1.807, 2.05) is 22.6 Å². The summed E-state index contributed by atoms with van der Waals surface area (Å²) in [5.41, 5.74) is 0.539. The van der Waals surface area contributed by atoms with Crippen LogP contribution in [0.3, 0.4) is 0 Å². The summed E-state index contributed by atoms with van der Waals surface area (Å²) in [7, 11) is 0. The second-order valence-electron chi connectivity index (χ2n) is 4.83. The van der Waals surface area contributed by atoms with Crippen LogP contribution in [0.1, 0.15) is 48.9 Å². The molecular formula is C14H18INO2. The largest absolute Gasteiger partial charge is 0.507 e. The van der Waals surface area contributed by atoms with Crippen LogP contribution >= 0.6 is 22.6 Å². The van der Waals surface area contributed by atoms with Gasteiger partial charge in [-0.25, -0.2) is 0 Å². The lowest BCUT2D eigenvalue weighted by atomic mass is 10.1. The third-order valence-corrected chi connectivity index (χ3v) is 4.31. The summed E-state index contributed by atoms with van der Waals surface area (Å²) < 4.78 is 0.763. The summed E-state index contributed by atoms with van der Waals surface area (Å²) in [6.45, 7) is 0. The topological polar surface area (TPSA) is 49.3 Å². The van der Waals surface area contributed by atoms with Crippen LogP contribution < -0.4 is 5.32 Å². The minimum atomic E-state index is -0.0754. The number of phenols is 1. The summed E-state index contributed by atoms with van der Waals surface area (Å²) in [5, 5.41) is 12.7. The molecule has 18 heavy (non-hydrogen) atoms. The summed E-state index contributed by atoms with van der Waals surface area (Å²) >= 11 is 2.04. The van der Waals surface area contributed by atoms with Crippen LogP contribution in [0, 0.1) is 3.57 Å². The van der Waals surface area contributed by atoms with Crippen molar-refractivity contribution in [2.24, 2.45) is 0 Å². The van der Waals surface area contributed by atoms with Crippen LogP contribution in [-0.4, -0.2) is 17.1 Å². The molecule has 2 rings (SSSR count). The molecule has 0 bridgehead atoms. The van der Waals surface area contributed by atoms with Gasteiger partial charge in [0.15, 0.2) is 0 Å². The molecule has 1 aliphatic carbocycles. The molecule has 1 amide bonds. The first-order valence-electron chi connectivity index (χ1n) is 6.46. The number of carbonyl (C=O) groups is 1. The van der Waals surface area contributed by atoms with E-state index < -0.39 is 0 Å². The van der Waals surface area contributed by atoms with Crippen LogP contribution in [0.15, 0.2) is 18.2 Å². The monoisotopic (exact) mass is 359 g/mol. The molecule has 0 heterocycles. The Bertz CT molecular complexity index is 426. The number of amides is 1. The lowest BCUT2D eigenvalue weighted by Crippen LogP contribution is -2.34. The van der Waals surface area contributed by atoms with Gasteiger partial charge in [-0.2, -0.15) is 0 Å². The number of benzene rings is 1. The number of hydrogen-bond donors (Lipinski definition) is 2. The average Bonchev–Trinajstić information content (AvgIpc) is 2.61. The number of hydrogen-bond acceptors (Lipinski definition) is 2. The van der Waals surface area contributed by atoms with Gasteiger partial charge in [-0.15, -0.1) is 0 Å². The number of aromatic hydroxyl groups is 1. The van der Waals surface area contributed by atoms with Crippen molar-refractivity contribution in [3.8, 4) is 5.75 Å². The van der Waals surface area contributed by atoms with Crippen molar-refractivity contribution in [2.75, 3.05) is 0 Å². The smallest absolute Gasteiger partial charge is 0.251 e. The number of carbonyl (C=O) groups excluding carboxylic acids is 1. The van der Waals surface area contributed by atoms with Gasteiger partial charge in [0.05, 0.1) is 3.57 Å². The fourth-order valence-corrected chi connectivity index (χ4v) is 2.68. The second kappa shape index (κ2) is 6.41. The summed E-state index contributed by atoms with van der Waals surface area (Å²) in [5.74, 6) is 0.0951. The zero-order chi connectivity index (χ0) is 13.0. The van der Waals surface area contributed by atoms with Crippen molar-refractivity contribution in [3.63, 3.8) is 0 Å². The van der Waals surface area contributed by atoms with Crippen molar-refractivity contribution >= 4 is 28.5 Å². The van der Waals surface area contributed by atoms with E-state index in [4.69, 9.17) is 0 Å². The van der Waals surface area contributed by atoms with E-state index in [1.54, 1.807) is 12.1 Å². The van der Waals surface area contributed by atoms with Crippen molar-refractivity contribution in [1.82, 2.24) is 5.32 Å². The Balaban J connectivity index is 1.99. The molecule has 1 fully saturated rings. The maximum Gasteiger partial charge on any atom is 0.251 e. The molecule has 1 aromatic carbocycles. The van der Waals surface area contributed by atoms with E-state index in [0.29, 0.717) is 11.6 Å². The summed E-state index contributed by atoms with van der Waals surface area (Å²) in [6, 6.07) is 5.35. The molecule has 2 N–H and O–H groups in total. The van der Waals surface area contributed by atoms with E-state index in [1.165, 1.54) is 31.7 Å². The highest BCUT2D eigenvalue weighted by Crippen LogP contribution is 2.21. The van der Waals surface area contributed by atoms with E-state index >= 15 is 0 Å². The fraction of sp³-hybridized carbons (Fsp3) is 0.500. The number of halogens is 1. The Morgan fingerprint density at radius 2 is 1.89 bits per heavy atom. The van der Waals surface area contributed by atoms with E-state index in [0.717, 1.165) is 16.4 Å². The SMILES string of the molecule is O=C(NC1CCCCCC1)c1ccc(I)c(O)c1. The van der Waals surface area contributed by atoms with Gasteiger partial charge >= 0.3 is 0 Å². The van der Waals surface area contributed by atoms with Gasteiger partial charge in [-0.1, -0.05) is 25.7 Å². The van der Waals surface area contributed by atoms with Crippen molar-refractivity contribution in [1.29, 1.82) is 0 Å². The van der Waals surface area contributed by atoms with Crippen LogP contribution in [0.4, 0.5) is 0 Å². The molecule has 1 aromatic rings. The van der Waals surface area contributed by atoms with Gasteiger partial charge in [0.1, 0.15) is 5.75 Å². The number of nitrogens with one attached hydrogen (secondary N) is 1. The van der Waals surface area contributed by atoms with Crippen molar-refractivity contribution < 1.29 is 9.90 Å².